The minimum absolute atomic E-state index is 0.804. The lowest BCUT2D eigenvalue weighted by Gasteiger charge is -2.25. The van der Waals surface area contributed by atoms with Gasteiger partial charge < -0.3 is 9.80 Å². The highest BCUT2D eigenvalue weighted by Gasteiger charge is 2.17. The Balaban J connectivity index is 1.05. The van der Waals surface area contributed by atoms with E-state index < -0.39 is 0 Å². The van der Waals surface area contributed by atoms with Crippen LogP contribution in [0.2, 0.25) is 0 Å². The van der Waals surface area contributed by atoms with Crippen molar-refractivity contribution in [1.29, 1.82) is 0 Å². The third-order valence-electron chi connectivity index (χ3n) is 7.78. The van der Waals surface area contributed by atoms with Crippen LogP contribution in [0.1, 0.15) is 0 Å². The van der Waals surface area contributed by atoms with Gasteiger partial charge in [-0.2, -0.15) is 0 Å². The molecule has 0 unspecified atom stereocenters. The maximum atomic E-state index is 4.94. The molecule has 8 aromatic rings. The highest BCUT2D eigenvalue weighted by atomic mass is 32.2. The van der Waals surface area contributed by atoms with Crippen LogP contribution in [0.4, 0.5) is 34.1 Å². The molecule has 0 fully saturated rings. The topological polar surface area (TPSA) is 32.3 Å². The summed E-state index contributed by atoms with van der Waals surface area (Å²) in [7, 11) is 0. The number of nitrogens with zero attached hydrogens (tertiary/aromatic N) is 4. The quantitative estimate of drug-likeness (QED) is 0.168. The minimum atomic E-state index is 0.804. The number of hydrogen-bond acceptors (Lipinski definition) is 6. The summed E-state index contributed by atoms with van der Waals surface area (Å²) in [5.74, 6) is 0. The molecule has 0 aliphatic carbocycles. The van der Waals surface area contributed by atoms with Crippen LogP contribution in [-0.2, 0) is 0 Å². The Bertz CT molecular complexity index is 1910. The second kappa shape index (κ2) is 12.4. The van der Waals surface area contributed by atoms with Crippen molar-refractivity contribution in [2.24, 2.45) is 0 Å². The van der Waals surface area contributed by atoms with E-state index in [0.29, 0.717) is 0 Å². The van der Waals surface area contributed by atoms with Gasteiger partial charge in [0.15, 0.2) is 5.65 Å². The van der Waals surface area contributed by atoms with Crippen molar-refractivity contribution in [3.05, 3.63) is 170 Å². The zero-order chi connectivity index (χ0) is 30.7. The first-order valence-electron chi connectivity index (χ1n) is 15.1. The van der Waals surface area contributed by atoms with E-state index in [4.69, 9.17) is 9.97 Å². The molecule has 46 heavy (non-hydrogen) atoms. The number of hydrogen-bond donors (Lipinski definition) is 0. The molecule has 2 aromatic heterocycles. The summed E-state index contributed by atoms with van der Waals surface area (Å²) in [6, 6.07) is 59.1. The molecule has 0 radical (unpaired) electrons. The Labute approximate surface area is 276 Å². The van der Waals surface area contributed by atoms with E-state index in [1.54, 1.807) is 22.7 Å². The summed E-state index contributed by atoms with van der Waals surface area (Å²) >= 11 is 3.40. The smallest absolute Gasteiger partial charge is 0.182 e. The third-order valence-corrected chi connectivity index (χ3v) is 10.1. The molecule has 6 heteroatoms. The van der Waals surface area contributed by atoms with E-state index in [-0.39, 0.29) is 0 Å². The number of fused-ring (bicyclic) bond motifs is 1. The van der Waals surface area contributed by atoms with E-state index in [9.17, 15) is 0 Å². The van der Waals surface area contributed by atoms with Crippen molar-refractivity contribution >= 4 is 66.5 Å². The van der Waals surface area contributed by atoms with Crippen LogP contribution in [0.5, 0.6) is 0 Å². The summed E-state index contributed by atoms with van der Waals surface area (Å²) in [5.41, 5.74) is 9.66. The summed E-state index contributed by atoms with van der Waals surface area (Å²) in [4.78, 5) is 14.4. The van der Waals surface area contributed by atoms with Crippen LogP contribution in [0, 0.1) is 0 Å². The minimum Gasteiger partial charge on any atom is -0.311 e. The van der Waals surface area contributed by atoms with Gasteiger partial charge in [0.2, 0.25) is 0 Å². The molecule has 8 rings (SSSR count). The monoisotopic (exact) mass is 628 g/mol. The average Bonchev–Trinajstić information content (AvgIpc) is 3.72. The molecule has 0 bridgehead atoms. The largest absolute Gasteiger partial charge is 0.311 e. The van der Waals surface area contributed by atoms with Crippen LogP contribution >= 0.6 is 22.7 Å². The number of thiazole rings is 2. The summed E-state index contributed by atoms with van der Waals surface area (Å²) in [5, 5.41) is 1.96. The zero-order valence-electron chi connectivity index (χ0n) is 24.8. The second-order valence-electron chi connectivity index (χ2n) is 10.8. The summed E-state index contributed by atoms with van der Waals surface area (Å²) in [6.45, 7) is 0. The summed E-state index contributed by atoms with van der Waals surface area (Å²) < 4.78 is 1.13. The maximum absolute atomic E-state index is 4.94. The molecule has 0 spiro atoms. The van der Waals surface area contributed by atoms with E-state index in [1.165, 1.54) is 0 Å². The number of aromatic nitrogens is 2. The van der Waals surface area contributed by atoms with Crippen LogP contribution in [0.25, 0.3) is 30.8 Å². The van der Waals surface area contributed by atoms with Gasteiger partial charge in [-0.15, -0.1) is 22.7 Å². The van der Waals surface area contributed by atoms with Crippen LogP contribution in [-0.4, -0.2) is 9.97 Å². The van der Waals surface area contributed by atoms with Crippen molar-refractivity contribution < 1.29 is 0 Å². The Morgan fingerprint density at radius 1 is 0.326 bits per heavy atom. The van der Waals surface area contributed by atoms with Gasteiger partial charge in [-0.3, -0.25) is 0 Å². The van der Waals surface area contributed by atoms with Gasteiger partial charge in [-0.1, -0.05) is 72.8 Å². The average molecular weight is 629 g/mol. The predicted molar refractivity (Wildman–Crippen MR) is 196 cm³/mol. The fraction of sp³-hybridized carbons (Fsp3) is 0. The lowest BCUT2D eigenvalue weighted by atomic mass is 10.1. The lowest BCUT2D eigenvalue weighted by Crippen LogP contribution is -2.09. The fourth-order valence-electron chi connectivity index (χ4n) is 5.60. The van der Waals surface area contributed by atoms with Gasteiger partial charge in [0.1, 0.15) is 14.0 Å². The molecule has 6 aromatic carbocycles. The molecule has 4 nitrogen and oxygen atoms in total. The molecule has 220 valence electrons. The molecule has 0 amide bonds. The zero-order valence-corrected chi connectivity index (χ0v) is 26.4. The van der Waals surface area contributed by atoms with E-state index in [0.717, 1.165) is 64.9 Å². The SMILES string of the molecule is c1ccc(N(c2ccccc2)c2ccc(-c3nc4nc(-c5ccc(N(c6ccccc6)c6ccccc6)cc5)sc4s3)cc2)cc1. The molecule has 0 saturated carbocycles. The highest BCUT2D eigenvalue weighted by Crippen LogP contribution is 2.41. The number of para-hydroxylation sites is 4. The molecule has 0 aliphatic rings. The third kappa shape index (κ3) is 5.56. The lowest BCUT2D eigenvalue weighted by molar-refractivity contribution is 1.28. The molecule has 2 heterocycles. The van der Waals surface area contributed by atoms with Crippen LogP contribution in [0.3, 0.4) is 0 Å². The van der Waals surface area contributed by atoms with Crippen LogP contribution < -0.4 is 9.80 Å². The molecule has 0 aliphatic heterocycles. The first-order chi connectivity index (χ1) is 22.8. The van der Waals surface area contributed by atoms with Crippen molar-refractivity contribution in [2.75, 3.05) is 9.80 Å². The second-order valence-corrected chi connectivity index (χ2v) is 13.0. The van der Waals surface area contributed by atoms with Crippen molar-refractivity contribution in [1.82, 2.24) is 9.97 Å². The van der Waals surface area contributed by atoms with Gasteiger partial charge in [0, 0.05) is 45.3 Å². The van der Waals surface area contributed by atoms with Gasteiger partial charge in [0.25, 0.3) is 0 Å². The number of rotatable bonds is 8. The van der Waals surface area contributed by atoms with E-state index >= 15 is 0 Å². The van der Waals surface area contributed by atoms with Gasteiger partial charge in [0.05, 0.1) is 0 Å². The van der Waals surface area contributed by atoms with Crippen molar-refractivity contribution in [2.45, 2.75) is 0 Å². The molecular weight excluding hydrogens is 601 g/mol. The van der Waals surface area contributed by atoms with E-state index in [2.05, 4.69) is 155 Å². The fourth-order valence-corrected chi connectivity index (χ4v) is 7.73. The molecule has 0 N–H and O–H groups in total. The predicted octanol–water partition coefficient (Wildman–Crippen LogP) is 12.0. The maximum Gasteiger partial charge on any atom is 0.182 e. The van der Waals surface area contributed by atoms with Gasteiger partial charge in [-0.25, -0.2) is 9.97 Å². The van der Waals surface area contributed by atoms with Crippen LogP contribution in [0.15, 0.2) is 170 Å². The van der Waals surface area contributed by atoms with E-state index in [1.807, 2.05) is 24.3 Å². The summed E-state index contributed by atoms with van der Waals surface area (Å²) in [6.07, 6.45) is 0. The van der Waals surface area contributed by atoms with Crippen molar-refractivity contribution in [3.63, 3.8) is 0 Å². The molecular formula is C40H28N4S2. The normalized spacial score (nSPS) is 11.0. The number of benzene rings is 6. The van der Waals surface area contributed by atoms with Crippen molar-refractivity contribution in [3.8, 4) is 21.1 Å². The molecule has 0 atom stereocenters. The van der Waals surface area contributed by atoms with Gasteiger partial charge >= 0.3 is 0 Å². The molecule has 0 saturated heterocycles. The highest BCUT2D eigenvalue weighted by molar-refractivity contribution is 7.40. The Morgan fingerprint density at radius 3 is 0.891 bits per heavy atom. The first-order valence-corrected chi connectivity index (χ1v) is 16.7. The Kier molecular flexibility index (Phi) is 7.56. The first kappa shape index (κ1) is 28.0. The Morgan fingerprint density at radius 2 is 0.609 bits per heavy atom. The standard InChI is InChI=1S/C40H28N4S2/c1-5-13-31(14-6-1)43(32-15-7-2-8-16-32)35-25-21-29(22-26-35)38-41-37-40(45-38)46-39(42-37)30-23-27-36(28-24-30)44(33-17-9-3-10-18-33)34-19-11-4-12-20-34/h1-28H. The Hall–Kier alpha value is -5.56. The van der Waals surface area contributed by atoms with Gasteiger partial charge in [-0.05, 0) is 97.1 Å². The number of anilines is 6.